The molecular weight excluding hydrogens is 308 g/mol. The molecule has 4 heteroatoms. The Labute approximate surface area is 141 Å². The number of para-hydroxylation sites is 1. The molecule has 2 aromatic rings. The summed E-state index contributed by atoms with van der Waals surface area (Å²) in [4.78, 5) is 16.4. The monoisotopic (exact) mass is 326 g/mol. The number of nitrogens with zero attached hydrogens (tertiary/aromatic N) is 2. The molecule has 0 radical (unpaired) electrons. The zero-order chi connectivity index (χ0) is 16.1. The minimum absolute atomic E-state index is 0.0626. The van der Waals surface area contributed by atoms with Crippen LogP contribution in [0.2, 0.25) is 5.02 Å². The summed E-state index contributed by atoms with van der Waals surface area (Å²) in [5, 5.41) is 0.760. The van der Waals surface area contributed by atoms with Gasteiger partial charge in [-0.2, -0.15) is 0 Å². The fourth-order valence-electron chi connectivity index (χ4n) is 2.71. The first kappa shape index (κ1) is 15.6. The molecule has 3 rings (SSSR count). The summed E-state index contributed by atoms with van der Waals surface area (Å²) in [6.07, 6.45) is 3.52. The maximum atomic E-state index is 12.3. The molecule has 1 aliphatic heterocycles. The van der Waals surface area contributed by atoms with Gasteiger partial charge >= 0.3 is 0 Å². The molecule has 0 N–H and O–H groups in total. The summed E-state index contributed by atoms with van der Waals surface area (Å²) < 4.78 is 0. The molecule has 2 aromatic carbocycles. The molecule has 23 heavy (non-hydrogen) atoms. The van der Waals surface area contributed by atoms with E-state index >= 15 is 0 Å². The van der Waals surface area contributed by atoms with Crippen molar-refractivity contribution >= 4 is 29.3 Å². The molecule has 0 spiro atoms. The van der Waals surface area contributed by atoms with Gasteiger partial charge in [-0.25, -0.2) is 0 Å². The minimum Gasteiger partial charge on any atom is -0.367 e. The highest BCUT2D eigenvalue weighted by molar-refractivity contribution is 6.33. The number of halogens is 1. The quantitative estimate of drug-likeness (QED) is 0.803. The normalized spacial score (nSPS) is 15.2. The van der Waals surface area contributed by atoms with Crippen molar-refractivity contribution in [2.24, 2.45) is 0 Å². The van der Waals surface area contributed by atoms with E-state index in [4.69, 9.17) is 11.6 Å². The third-order valence-electron chi connectivity index (χ3n) is 4.00. The maximum Gasteiger partial charge on any atom is 0.246 e. The summed E-state index contributed by atoms with van der Waals surface area (Å²) in [5.41, 5.74) is 2.08. The smallest absolute Gasteiger partial charge is 0.246 e. The molecule has 0 unspecified atom stereocenters. The van der Waals surface area contributed by atoms with Crippen LogP contribution in [0.5, 0.6) is 0 Å². The summed E-state index contributed by atoms with van der Waals surface area (Å²) in [5.74, 6) is 0.0626. The molecule has 0 saturated carbocycles. The molecule has 1 saturated heterocycles. The largest absolute Gasteiger partial charge is 0.367 e. The van der Waals surface area contributed by atoms with Gasteiger partial charge in [-0.3, -0.25) is 4.79 Å². The van der Waals surface area contributed by atoms with Crippen LogP contribution < -0.4 is 4.90 Å². The second-order valence-corrected chi connectivity index (χ2v) is 5.91. The van der Waals surface area contributed by atoms with E-state index in [2.05, 4.69) is 4.90 Å². The van der Waals surface area contributed by atoms with Crippen molar-refractivity contribution in [2.75, 3.05) is 31.1 Å². The maximum absolute atomic E-state index is 12.3. The van der Waals surface area contributed by atoms with Crippen LogP contribution in [0.3, 0.4) is 0 Å². The van der Waals surface area contributed by atoms with Crippen LogP contribution in [0.15, 0.2) is 60.7 Å². The molecule has 0 aromatic heterocycles. The molecule has 0 aliphatic carbocycles. The zero-order valence-electron chi connectivity index (χ0n) is 12.9. The van der Waals surface area contributed by atoms with Gasteiger partial charge < -0.3 is 9.80 Å². The van der Waals surface area contributed by atoms with E-state index in [9.17, 15) is 4.79 Å². The predicted molar refractivity (Wildman–Crippen MR) is 95.7 cm³/mol. The van der Waals surface area contributed by atoms with Crippen LogP contribution in [0.1, 0.15) is 5.56 Å². The lowest BCUT2D eigenvalue weighted by Gasteiger charge is -2.36. The first-order chi connectivity index (χ1) is 11.2. The zero-order valence-corrected chi connectivity index (χ0v) is 13.6. The molecule has 118 valence electrons. The van der Waals surface area contributed by atoms with Crippen LogP contribution in [0.4, 0.5) is 5.69 Å². The van der Waals surface area contributed by atoms with Gasteiger partial charge in [-0.1, -0.05) is 54.1 Å². The second kappa shape index (κ2) is 7.34. The van der Waals surface area contributed by atoms with E-state index < -0.39 is 0 Å². The Bertz CT molecular complexity index is 692. The Kier molecular flexibility index (Phi) is 4.99. The summed E-state index contributed by atoms with van der Waals surface area (Å²) in [7, 11) is 0. The van der Waals surface area contributed by atoms with Crippen molar-refractivity contribution in [3.05, 3.63) is 71.3 Å². The van der Waals surface area contributed by atoms with Crippen molar-refractivity contribution in [3.8, 4) is 0 Å². The Morgan fingerprint density at radius 3 is 2.26 bits per heavy atom. The number of piperazine rings is 1. The molecule has 1 amide bonds. The molecule has 3 nitrogen and oxygen atoms in total. The summed E-state index contributed by atoms with van der Waals surface area (Å²) in [6.45, 7) is 3.02. The number of amides is 1. The average molecular weight is 327 g/mol. The Hall–Kier alpha value is -2.26. The lowest BCUT2D eigenvalue weighted by molar-refractivity contribution is -0.126. The van der Waals surface area contributed by atoms with Crippen molar-refractivity contribution < 1.29 is 4.79 Å². The molecule has 1 heterocycles. The van der Waals surface area contributed by atoms with Crippen LogP contribution in [0.25, 0.3) is 6.08 Å². The van der Waals surface area contributed by atoms with Crippen LogP contribution in [-0.2, 0) is 4.79 Å². The molecule has 0 atom stereocenters. The van der Waals surface area contributed by atoms with Gasteiger partial charge in [0.25, 0.3) is 0 Å². The third-order valence-corrected chi connectivity index (χ3v) is 4.32. The SMILES string of the molecule is O=C(/C=C/c1ccccc1)N1CCN(c2ccccc2Cl)CC1. The van der Waals surface area contributed by atoms with E-state index in [0.717, 1.165) is 29.4 Å². The van der Waals surface area contributed by atoms with Gasteiger partial charge in [0, 0.05) is 32.3 Å². The third kappa shape index (κ3) is 3.93. The molecule has 1 aliphatic rings. The number of hydrogen-bond donors (Lipinski definition) is 0. The molecular formula is C19H19ClN2O. The van der Waals surface area contributed by atoms with Crippen LogP contribution >= 0.6 is 11.6 Å². The van der Waals surface area contributed by atoms with Crippen molar-refractivity contribution in [2.45, 2.75) is 0 Å². The first-order valence-electron chi connectivity index (χ1n) is 7.75. The van der Waals surface area contributed by atoms with Crippen LogP contribution in [0, 0.1) is 0 Å². The highest BCUT2D eigenvalue weighted by Gasteiger charge is 2.20. The van der Waals surface area contributed by atoms with E-state index in [-0.39, 0.29) is 5.91 Å². The predicted octanol–water partition coefficient (Wildman–Crippen LogP) is 3.70. The van der Waals surface area contributed by atoms with Crippen LogP contribution in [-0.4, -0.2) is 37.0 Å². The topological polar surface area (TPSA) is 23.6 Å². The van der Waals surface area contributed by atoms with Gasteiger partial charge in [0.15, 0.2) is 0 Å². The number of carbonyl (C=O) groups is 1. The van der Waals surface area contributed by atoms with E-state index in [0.29, 0.717) is 13.1 Å². The second-order valence-electron chi connectivity index (χ2n) is 5.51. The van der Waals surface area contributed by atoms with E-state index in [1.165, 1.54) is 0 Å². The van der Waals surface area contributed by atoms with Gasteiger partial charge in [-0.05, 0) is 23.8 Å². The van der Waals surface area contributed by atoms with Crippen molar-refractivity contribution in [1.82, 2.24) is 4.90 Å². The lowest BCUT2D eigenvalue weighted by Crippen LogP contribution is -2.48. The lowest BCUT2D eigenvalue weighted by atomic mass is 10.2. The van der Waals surface area contributed by atoms with Gasteiger partial charge in [-0.15, -0.1) is 0 Å². The summed E-state index contributed by atoms with van der Waals surface area (Å²) in [6, 6.07) is 17.7. The van der Waals surface area contributed by atoms with E-state index in [1.807, 2.05) is 65.6 Å². The number of anilines is 1. The number of benzene rings is 2. The van der Waals surface area contributed by atoms with E-state index in [1.54, 1.807) is 6.08 Å². The number of hydrogen-bond acceptors (Lipinski definition) is 2. The fraction of sp³-hybridized carbons (Fsp3) is 0.211. The Morgan fingerprint density at radius 2 is 1.57 bits per heavy atom. The summed E-state index contributed by atoms with van der Waals surface area (Å²) >= 11 is 6.24. The average Bonchev–Trinajstić information content (AvgIpc) is 2.61. The van der Waals surface area contributed by atoms with Gasteiger partial charge in [0.05, 0.1) is 10.7 Å². The molecule has 0 bridgehead atoms. The van der Waals surface area contributed by atoms with Gasteiger partial charge in [0.2, 0.25) is 5.91 Å². The highest BCUT2D eigenvalue weighted by atomic mass is 35.5. The number of rotatable bonds is 3. The first-order valence-corrected chi connectivity index (χ1v) is 8.13. The Morgan fingerprint density at radius 1 is 0.913 bits per heavy atom. The molecule has 1 fully saturated rings. The Balaban J connectivity index is 1.57. The minimum atomic E-state index is 0.0626. The van der Waals surface area contributed by atoms with Crippen molar-refractivity contribution in [1.29, 1.82) is 0 Å². The number of carbonyl (C=O) groups excluding carboxylic acids is 1. The van der Waals surface area contributed by atoms with Crippen molar-refractivity contribution in [3.63, 3.8) is 0 Å². The van der Waals surface area contributed by atoms with Gasteiger partial charge in [0.1, 0.15) is 0 Å². The highest BCUT2D eigenvalue weighted by Crippen LogP contribution is 2.26. The standard InChI is InChI=1S/C19H19ClN2O/c20-17-8-4-5-9-18(17)21-12-14-22(15-13-21)19(23)11-10-16-6-2-1-3-7-16/h1-11H,12-15H2/b11-10+. The fourth-order valence-corrected chi connectivity index (χ4v) is 2.97.